The zero-order chi connectivity index (χ0) is 19.5. The molecule has 3 aromatic rings. The monoisotopic (exact) mass is 407 g/mol. The molecule has 3 N–H and O–H groups in total. The number of sulfonamides is 2. The number of nitrogens with one attached hydrogen (secondary N) is 1. The summed E-state index contributed by atoms with van der Waals surface area (Å²) in [4.78, 5) is 3.44. The number of primary sulfonamides is 1. The molecule has 0 spiro atoms. The smallest absolute Gasteiger partial charge is 0.240 e. The zero-order valence-corrected chi connectivity index (χ0v) is 15.7. The first kappa shape index (κ1) is 19.2. The molecule has 0 saturated carbocycles. The van der Waals surface area contributed by atoms with Crippen LogP contribution in [0.25, 0.3) is 0 Å². The highest BCUT2D eigenvalue weighted by molar-refractivity contribution is 7.90. The van der Waals surface area contributed by atoms with Gasteiger partial charge in [0.05, 0.1) is 16.3 Å². The van der Waals surface area contributed by atoms with Crippen LogP contribution < -0.4 is 9.86 Å². The molecule has 0 atom stereocenters. The first-order chi connectivity index (χ1) is 12.7. The van der Waals surface area contributed by atoms with Crippen LogP contribution in [-0.4, -0.2) is 31.6 Å². The Hall–Kier alpha value is -2.60. The van der Waals surface area contributed by atoms with E-state index < -0.39 is 20.0 Å². The van der Waals surface area contributed by atoms with Crippen molar-refractivity contribution < 1.29 is 16.8 Å². The molecule has 2 aromatic carbocycles. The van der Waals surface area contributed by atoms with Gasteiger partial charge in [0.15, 0.2) is 0 Å². The molecule has 0 saturated heterocycles. The van der Waals surface area contributed by atoms with Crippen LogP contribution in [0.15, 0.2) is 71.0 Å². The lowest BCUT2D eigenvalue weighted by Gasteiger charge is -2.09. The summed E-state index contributed by atoms with van der Waals surface area (Å²) >= 11 is 0. The van der Waals surface area contributed by atoms with E-state index in [1.807, 2.05) is 12.1 Å². The van der Waals surface area contributed by atoms with E-state index in [2.05, 4.69) is 14.8 Å². The van der Waals surface area contributed by atoms with Gasteiger partial charge in [-0.05, 0) is 29.3 Å². The van der Waals surface area contributed by atoms with Gasteiger partial charge in [-0.3, -0.25) is 0 Å². The molecular formula is C16H17N5O4S2. The van der Waals surface area contributed by atoms with Gasteiger partial charge in [-0.2, -0.15) is 5.10 Å². The van der Waals surface area contributed by atoms with Crippen molar-refractivity contribution in [1.82, 2.24) is 19.5 Å². The predicted molar refractivity (Wildman–Crippen MR) is 97.4 cm³/mol. The number of nitrogens with two attached hydrogens (primary N) is 1. The summed E-state index contributed by atoms with van der Waals surface area (Å²) in [7, 11) is -7.87. The Morgan fingerprint density at radius 1 is 0.963 bits per heavy atom. The molecule has 0 amide bonds. The fourth-order valence-corrected chi connectivity index (χ4v) is 4.04. The Bertz CT molecular complexity index is 1130. The topological polar surface area (TPSA) is 137 Å². The van der Waals surface area contributed by atoms with Crippen LogP contribution in [0.1, 0.15) is 11.1 Å². The van der Waals surface area contributed by atoms with E-state index in [9.17, 15) is 16.8 Å². The second-order valence-corrected chi connectivity index (χ2v) is 9.08. The second kappa shape index (κ2) is 7.56. The van der Waals surface area contributed by atoms with Crippen molar-refractivity contribution in [2.24, 2.45) is 5.14 Å². The van der Waals surface area contributed by atoms with Gasteiger partial charge in [0.25, 0.3) is 0 Å². The van der Waals surface area contributed by atoms with E-state index in [0.717, 1.165) is 17.2 Å². The summed E-state index contributed by atoms with van der Waals surface area (Å²) in [6, 6.07) is 12.2. The number of hydrogen-bond donors (Lipinski definition) is 2. The van der Waals surface area contributed by atoms with Crippen molar-refractivity contribution in [3.8, 4) is 0 Å². The maximum atomic E-state index is 12.4. The Morgan fingerprint density at radius 3 is 2.26 bits per heavy atom. The Balaban J connectivity index is 1.68. The van der Waals surface area contributed by atoms with Crippen molar-refractivity contribution in [3.63, 3.8) is 0 Å². The third-order valence-electron chi connectivity index (χ3n) is 3.74. The highest BCUT2D eigenvalue weighted by Gasteiger charge is 2.17. The van der Waals surface area contributed by atoms with Gasteiger partial charge in [-0.15, -0.1) is 0 Å². The minimum Gasteiger partial charge on any atom is -0.249 e. The number of nitrogens with zero attached hydrogens (tertiary/aromatic N) is 3. The molecule has 0 radical (unpaired) electrons. The summed E-state index contributed by atoms with van der Waals surface area (Å²) < 4.78 is 51.7. The molecule has 142 valence electrons. The summed E-state index contributed by atoms with van der Waals surface area (Å²) in [6.45, 7) is 0.623. The van der Waals surface area contributed by atoms with Crippen LogP contribution in [0.5, 0.6) is 0 Å². The van der Waals surface area contributed by atoms with Crippen LogP contribution in [0.2, 0.25) is 0 Å². The highest BCUT2D eigenvalue weighted by atomic mass is 32.2. The average Bonchev–Trinajstić information content (AvgIpc) is 3.14. The van der Waals surface area contributed by atoms with Crippen LogP contribution in [0.4, 0.5) is 0 Å². The molecule has 1 heterocycles. The molecule has 3 rings (SSSR count). The molecule has 0 aliphatic carbocycles. The average molecular weight is 407 g/mol. The molecular weight excluding hydrogens is 390 g/mol. The zero-order valence-electron chi connectivity index (χ0n) is 14.1. The van der Waals surface area contributed by atoms with Crippen molar-refractivity contribution in [2.45, 2.75) is 22.9 Å². The van der Waals surface area contributed by atoms with Crippen molar-refractivity contribution in [2.75, 3.05) is 0 Å². The van der Waals surface area contributed by atoms with E-state index in [1.165, 1.54) is 24.5 Å². The van der Waals surface area contributed by atoms with Crippen LogP contribution in [0, 0.1) is 0 Å². The molecule has 0 unspecified atom stereocenters. The number of benzene rings is 2. The maximum Gasteiger partial charge on any atom is 0.240 e. The Morgan fingerprint density at radius 2 is 1.63 bits per heavy atom. The van der Waals surface area contributed by atoms with Crippen LogP contribution >= 0.6 is 0 Å². The van der Waals surface area contributed by atoms with Gasteiger partial charge in [0, 0.05) is 6.54 Å². The van der Waals surface area contributed by atoms with E-state index in [1.54, 1.807) is 23.1 Å². The molecule has 11 heteroatoms. The lowest BCUT2D eigenvalue weighted by Crippen LogP contribution is -2.23. The number of rotatable bonds is 7. The van der Waals surface area contributed by atoms with Gasteiger partial charge in [0.1, 0.15) is 12.7 Å². The third kappa shape index (κ3) is 4.98. The second-order valence-electron chi connectivity index (χ2n) is 5.75. The highest BCUT2D eigenvalue weighted by Crippen LogP contribution is 2.15. The van der Waals surface area contributed by atoms with E-state index >= 15 is 0 Å². The molecule has 27 heavy (non-hydrogen) atoms. The lowest BCUT2D eigenvalue weighted by atomic mass is 10.1. The fraction of sp³-hybridized carbons (Fsp3) is 0.125. The fourth-order valence-electron chi connectivity index (χ4n) is 2.34. The number of aromatic nitrogens is 3. The van der Waals surface area contributed by atoms with E-state index in [-0.39, 0.29) is 16.3 Å². The third-order valence-corrected chi connectivity index (χ3v) is 6.05. The van der Waals surface area contributed by atoms with Crippen molar-refractivity contribution >= 4 is 20.0 Å². The Kier molecular flexibility index (Phi) is 5.37. The van der Waals surface area contributed by atoms with Crippen LogP contribution in [-0.2, 0) is 33.1 Å². The normalized spacial score (nSPS) is 12.2. The van der Waals surface area contributed by atoms with Gasteiger partial charge in [-0.25, -0.2) is 36.4 Å². The first-order valence-electron chi connectivity index (χ1n) is 7.77. The minimum absolute atomic E-state index is 0.0611. The van der Waals surface area contributed by atoms with Gasteiger partial charge in [0.2, 0.25) is 20.0 Å². The summed E-state index contributed by atoms with van der Waals surface area (Å²) in [5.74, 6) is 0. The lowest BCUT2D eigenvalue weighted by molar-refractivity contribution is 0.581. The molecule has 0 aliphatic rings. The van der Waals surface area contributed by atoms with Gasteiger partial charge < -0.3 is 0 Å². The Labute approximate surface area is 157 Å². The summed E-state index contributed by atoms with van der Waals surface area (Å²) in [5.41, 5.74) is 1.75. The molecule has 0 bridgehead atoms. The van der Waals surface area contributed by atoms with Crippen molar-refractivity contribution in [3.05, 3.63) is 72.3 Å². The van der Waals surface area contributed by atoms with Crippen LogP contribution in [0.3, 0.4) is 0 Å². The van der Waals surface area contributed by atoms with Gasteiger partial charge >= 0.3 is 0 Å². The minimum atomic E-state index is -3.98. The van der Waals surface area contributed by atoms with E-state index in [4.69, 9.17) is 5.14 Å². The van der Waals surface area contributed by atoms with Gasteiger partial charge in [-0.1, -0.05) is 30.3 Å². The summed E-state index contributed by atoms with van der Waals surface area (Å²) in [6.07, 6.45) is 3.06. The molecule has 0 aliphatic heterocycles. The molecule has 1 aromatic heterocycles. The SMILES string of the molecule is NS(=O)(=O)c1cccc(S(=O)(=O)NCc2ccc(Cn3cncn3)cc2)c1. The molecule has 0 fully saturated rings. The molecule has 9 nitrogen and oxygen atoms in total. The first-order valence-corrected chi connectivity index (χ1v) is 10.8. The van der Waals surface area contributed by atoms with E-state index in [0.29, 0.717) is 6.54 Å². The predicted octanol–water partition coefficient (Wildman–Crippen LogP) is 0.452. The maximum absolute atomic E-state index is 12.4. The largest absolute Gasteiger partial charge is 0.249 e. The number of hydrogen-bond acceptors (Lipinski definition) is 6. The quantitative estimate of drug-likeness (QED) is 0.583. The standard InChI is InChI=1S/C16H17N5O4S2/c17-26(22,23)15-2-1-3-16(8-15)27(24,25)20-9-13-4-6-14(7-5-13)10-21-12-18-11-19-21/h1-8,11-12,20H,9-10H2,(H2,17,22,23). The summed E-state index contributed by atoms with van der Waals surface area (Å²) in [5, 5.41) is 9.07. The van der Waals surface area contributed by atoms with Crippen molar-refractivity contribution in [1.29, 1.82) is 0 Å².